The van der Waals surface area contributed by atoms with Gasteiger partial charge in [0.15, 0.2) is 0 Å². The number of fused-ring (bicyclic) bond motifs is 3. The third-order valence-electron chi connectivity index (χ3n) is 6.00. The number of benzene rings is 3. The van der Waals surface area contributed by atoms with Crippen molar-refractivity contribution >= 4 is 33.5 Å². The molecular formula is C26H22ClN3O3. The number of ether oxygens (including phenoxy) is 1. The van der Waals surface area contributed by atoms with E-state index in [1.54, 1.807) is 29.9 Å². The second-order valence-corrected chi connectivity index (χ2v) is 8.55. The zero-order valence-electron chi connectivity index (χ0n) is 18.5. The molecule has 2 heterocycles. The Balaban J connectivity index is 1.94. The quantitative estimate of drug-likeness (QED) is 0.392. The zero-order valence-corrected chi connectivity index (χ0v) is 19.3. The van der Waals surface area contributed by atoms with Crippen LogP contribution in [-0.2, 0) is 13.6 Å². The Labute approximate surface area is 194 Å². The van der Waals surface area contributed by atoms with E-state index in [4.69, 9.17) is 16.3 Å². The summed E-state index contributed by atoms with van der Waals surface area (Å²) >= 11 is 6.21. The van der Waals surface area contributed by atoms with Gasteiger partial charge in [-0.15, -0.1) is 0 Å². The van der Waals surface area contributed by atoms with E-state index in [0.29, 0.717) is 27.5 Å². The number of methoxy groups -OCH3 is 1. The third-order valence-corrected chi connectivity index (χ3v) is 6.23. The van der Waals surface area contributed by atoms with Crippen LogP contribution in [0.5, 0.6) is 5.75 Å². The molecule has 0 aliphatic rings. The van der Waals surface area contributed by atoms with Gasteiger partial charge in [0, 0.05) is 17.5 Å². The lowest BCUT2D eigenvalue weighted by Crippen LogP contribution is -2.39. The number of halogens is 1. The van der Waals surface area contributed by atoms with E-state index in [9.17, 15) is 9.59 Å². The zero-order chi connectivity index (χ0) is 23.3. The van der Waals surface area contributed by atoms with Crippen molar-refractivity contribution in [2.45, 2.75) is 13.5 Å². The van der Waals surface area contributed by atoms with Gasteiger partial charge in [0.1, 0.15) is 11.3 Å². The van der Waals surface area contributed by atoms with Gasteiger partial charge >= 0.3 is 5.69 Å². The summed E-state index contributed by atoms with van der Waals surface area (Å²) in [5.74, 6) is 0.652. The van der Waals surface area contributed by atoms with Crippen molar-refractivity contribution < 1.29 is 4.74 Å². The Morgan fingerprint density at radius 3 is 2.39 bits per heavy atom. The fraction of sp³-hybridized carbons (Fsp3) is 0.154. The van der Waals surface area contributed by atoms with E-state index in [2.05, 4.69) is 0 Å². The van der Waals surface area contributed by atoms with Crippen molar-refractivity contribution in [3.05, 3.63) is 104 Å². The molecule has 0 bridgehead atoms. The van der Waals surface area contributed by atoms with Crippen LogP contribution in [0.4, 0.5) is 0 Å². The van der Waals surface area contributed by atoms with Crippen LogP contribution in [0.3, 0.4) is 0 Å². The Morgan fingerprint density at radius 1 is 0.939 bits per heavy atom. The maximum Gasteiger partial charge on any atom is 0.336 e. The summed E-state index contributed by atoms with van der Waals surface area (Å²) in [5.41, 5.74) is 3.52. The molecule has 33 heavy (non-hydrogen) atoms. The van der Waals surface area contributed by atoms with Gasteiger partial charge in [-0.05, 0) is 55.0 Å². The topological polar surface area (TPSA) is 58.2 Å². The highest BCUT2D eigenvalue weighted by molar-refractivity contribution is 6.30. The lowest BCUT2D eigenvalue weighted by atomic mass is 10.2. The molecular weight excluding hydrogens is 438 g/mol. The molecule has 0 N–H and O–H groups in total. The minimum absolute atomic E-state index is 0.262. The highest BCUT2D eigenvalue weighted by atomic mass is 35.5. The van der Waals surface area contributed by atoms with Crippen LogP contribution >= 0.6 is 11.6 Å². The second-order valence-electron chi connectivity index (χ2n) is 8.11. The Kier molecular flexibility index (Phi) is 5.10. The third kappa shape index (κ3) is 3.43. The van der Waals surface area contributed by atoms with Crippen LogP contribution in [0.2, 0.25) is 5.02 Å². The van der Waals surface area contributed by atoms with Gasteiger partial charge < -0.3 is 9.30 Å². The van der Waals surface area contributed by atoms with Gasteiger partial charge in [-0.2, -0.15) is 0 Å². The minimum Gasteiger partial charge on any atom is -0.497 e. The summed E-state index contributed by atoms with van der Waals surface area (Å²) in [6, 6.07) is 20.3. The van der Waals surface area contributed by atoms with Crippen LogP contribution in [0, 0.1) is 6.92 Å². The molecule has 0 saturated carbocycles. The number of nitrogens with zero attached hydrogens (tertiary/aromatic N) is 3. The summed E-state index contributed by atoms with van der Waals surface area (Å²) in [6.07, 6.45) is 0. The molecule has 166 valence electrons. The monoisotopic (exact) mass is 459 g/mol. The number of hydrogen-bond donors (Lipinski definition) is 0. The minimum atomic E-state index is -0.411. The number of aromatic nitrogens is 3. The first-order valence-electron chi connectivity index (χ1n) is 10.5. The van der Waals surface area contributed by atoms with Gasteiger partial charge in [-0.25, -0.2) is 9.36 Å². The van der Waals surface area contributed by atoms with Gasteiger partial charge in [0.25, 0.3) is 5.56 Å². The molecule has 0 unspecified atom stereocenters. The van der Waals surface area contributed by atoms with Crippen molar-refractivity contribution in [3.63, 3.8) is 0 Å². The van der Waals surface area contributed by atoms with Gasteiger partial charge in [-0.1, -0.05) is 41.4 Å². The van der Waals surface area contributed by atoms with E-state index in [-0.39, 0.29) is 12.1 Å². The summed E-state index contributed by atoms with van der Waals surface area (Å²) in [4.78, 5) is 27.6. The number of rotatable bonds is 4. The fourth-order valence-corrected chi connectivity index (χ4v) is 4.56. The molecule has 0 radical (unpaired) electrons. The molecule has 5 rings (SSSR count). The normalized spacial score (nSPS) is 11.4. The van der Waals surface area contributed by atoms with Crippen LogP contribution in [0.25, 0.3) is 27.6 Å². The van der Waals surface area contributed by atoms with Gasteiger partial charge in [0.05, 0.1) is 30.4 Å². The predicted octanol–water partition coefficient (Wildman–Crippen LogP) is 4.66. The lowest BCUT2D eigenvalue weighted by molar-refractivity contribution is 0.415. The molecule has 2 aromatic heterocycles. The lowest BCUT2D eigenvalue weighted by Gasteiger charge is -2.14. The van der Waals surface area contributed by atoms with E-state index in [1.165, 1.54) is 4.57 Å². The largest absolute Gasteiger partial charge is 0.497 e. The van der Waals surface area contributed by atoms with Gasteiger partial charge in [0.2, 0.25) is 0 Å². The summed E-state index contributed by atoms with van der Waals surface area (Å²) in [7, 11) is 3.43. The Bertz CT molecular complexity index is 1640. The molecule has 5 aromatic rings. The molecule has 3 aromatic carbocycles. The average Bonchev–Trinajstić information content (AvgIpc) is 3.10. The molecule has 0 aliphatic heterocycles. The van der Waals surface area contributed by atoms with Crippen LogP contribution in [-0.4, -0.2) is 20.8 Å². The molecule has 0 fully saturated rings. The van der Waals surface area contributed by atoms with E-state index in [1.807, 2.05) is 67.1 Å². The maximum atomic E-state index is 13.8. The van der Waals surface area contributed by atoms with Crippen LogP contribution < -0.4 is 16.0 Å². The molecule has 0 spiro atoms. The van der Waals surface area contributed by atoms with Crippen molar-refractivity contribution in [2.75, 3.05) is 7.11 Å². The Hall–Kier alpha value is -3.77. The Morgan fingerprint density at radius 2 is 1.70 bits per heavy atom. The molecule has 0 atom stereocenters. The maximum absolute atomic E-state index is 13.8. The molecule has 0 saturated heterocycles. The van der Waals surface area contributed by atoms with E-state index >= 15 is 0 Å². The first-order chi connectivity index (χ1) is 15.9. The van der Waals surface area contributed by atoms with Crippen molar-refractivity contribution in [1.29, 1.82) is 0 Å². The smallest absolute Gasteiger partial charge is 0.336 e. The molecule has 6 nitrogen and oxygen atoms in total. The fourth-order valence-electron chi connectivity index (χ4n) is 4.34. The highest BCUT2D eigenvalue weighted by Gasteiger charge is 2.21. The predicted molar refractivity (Wildman–Crippen MR) is 132 cm³/mol. The SMILES string of the molecule is COc1ccc2c(c1)c1c(c(=O)n(-c3ccc(C)cc3)c(=O)n1Cc1cccc(Cl)c1)n2C. The van der Waals surface area contributed by atoms with E-state index in [0.717, 1.165) is 22.0 Å². The van der Waals surface area contributed by atoms with Crippen molar-refractivity contribution in [2.24, 2.45) is 7.05 Å². The van der Waals surface area contributed by atoms with Crippen LogP contribution in [0.15, 0.2) is 76.3 Å². The molecule has 0 aliphatic carbocycles. The van der Waals surface area contributed by atoms with Crippen molar-refractivity contribution in [1.82, 2.24) is 13.7 Å². The first-order valence-corrected chi connectivity index (χ1v) is 10.9. The second kappa shape index (κ2) is 7.98. The summed E-state index contributed by atoms with van der Waals surface area (Å²) in [5, 5.41) is 1.36. The molecule has 0 amide bonds. The summed E-state index contributed by atoms with van der Waals surface area (Å²) < 4.78 is 10.1. The van der Waals surface area contributed by atoms with Crippen LogP contribution in [0.1, 0.15) is 11.1 Å². The number of aryl methyl sites for hydroxylation is 2. The first kappa shape index (κ1) is 21.1. The standard InChI is InChI=1S/C26H22ClN3O3/c1-16-7-9-19(10-8-16)30-25(31)24-23(21-14-20(33-3)11-12-22(21)28(24)2)29(26(30)32)15-17-5-4-6-18(27)13-17/h4-14H,15H2,1-3H3. The highest BCUT2D eigenvalue weighted by Crippen LogP contribution is 2.29. The summed E-state index contributed by atoms with van der Waals surface area (Å²) in [6.45, 7) is 2.23. The van der Waals surface area contributed by atoms with Crippen molar-refractivity contribution in [3.8, 4) is 11.4 Å². The van der Waals surface area contributed by atoms with E-state index < -0.39 is 5.69 Å². The number of hydrogen-bond acceptors (Lipinski definition) is 3. The average molecular weight is 460 g/mol. The molecule has 7 heteroatoms. The van der Waals surface area contributed by atoms with Gasteiger partial charge in [-0.3, -0.25) is 9.36 Å².